The van der Waals surface area contributed by atoms with E-state index in [1.54, 1.807) is 0 Å². The molecule has 4 rings (SSSR count). The van der Waals surface area contributed by atoms with E-state index >= 15 is 0 Å². The summed E-state index contributed by atoms with van der Waals surface area (Å²) in [6.45, 7) is 2.92. The predicted octanol–water partition coefficient (Wildman–Crippen LogP) is 7.74. The highest BCUT2D eigenvalue weighted by molar-refractivity contribution is 5.81. The third-order valence-electron chi connectivity index (χ3n) is 4.88. The number of benzene rings is 3. The van der Waals surface area contributed by atoms with E-state index in [1.807, 2.05) is 54.6 Å². The third-order valence-corrected chi connectivity index (χ3v) is 4.88. The molecule has 1 heterocycles. The summed E-state index contributed by atoms with van der Waals surface area (Å²) in [4.78, 5) is 0. The summed E-state index contributed by atoms with van der Waals surface area (Å²) >= 11 is 0. The molecule has 29 heavy (non-hydrogen) atoms. The zero-order valence-electron chi connectivity index (χ0n) is 16.7. The van der Waals surface area contributed by atoms with E-state index in [-0.39, 0.29) is 0 Å². The number of ether oxygens (including phenoxy) is 1. The van der Waals surface area contributed by atoms with Gasteiger partial charge in [0, 0.05) is 6.07 Å². The Morgan fingerprint density at radius 2 is 1.31 bits per heavy atom. The number of rotatable bonds is 7. The Bertz CT molecular complexity index is 1040. The van der Waals surface area contributed by atoms with Gasteiger partial charge in [0.2, 0.25) is 0 Å². The van der Waals surface area contributed by atoms with Gasteiger partial charge in [0.15, 0.2) is 0 Å². The summed E-state index contributed by atoms with van der Waals surface area (Å²) in [6, 6.07) is 32.9. The average molecular weight is 381 g/mol. The molecule has 0 aliphatic heterocycles. The first-order chi connectivity index (χ1) is 14.3. The highest BCUT2D eigenvalue weighted by atomic mass is 16.5. The normalized spacial score (nSPS) is 10.7. The Morgan fingerprint density at radius 1 is 0.655 bits per heavy atom. The van der Waals surface area contributed by atoms with E-state index in [1.165, 1.54) is 0 Å². The number of hydrogen-bond donors (Lipinski definition) is 0. The van der Waals surface area contributed by atoms with Gasteiger partial charge in [0.25, 0.3) is 0 Å². The minimum atomic E-state index is 0.756. The maximum absolute atomic E-state index is 6.41. The fourth-order valence-corrected chi connectivity index (χ4v) is 3.29. The first-order valence-corrected chi connectivity index (χ1v) is 10.2. The van der Waals surface area contributed by atoms with Gasteiger partial charge in [-0.15, -0.1) is 0 Å². The molecule has 2 heteroatoms. The average Bonchev–Trinajstić information content (AvgIpc) is 2.80. The molecular formula is C27H25O2+. The molecule has 1 aromatic heterocycles. The van der Waals surface area contributed by atoms with Crippen molar-refractivity contribution < 1.29 is 9.15 Å². The van der Waals surface area contributed by atoms with Crippen LogP contribution in [-0.4, -0.2) is 6.61 Å². The quantitative estimate of drug-likeness (QED) is 0.241. The lowest BCUT2D eigenvalue weighted by Gasteiger charge is -2.07. The molecule has 0 unspecified atom stereocenters. The van der Waals surface area contributed by atoms with Gasteiger partial charge in [0.1, 0.15) is 5.75 Å². The van der Waals surface area contributed by atoms with Gasteiger partial charge in [-0.2, -0.15) is 0 Å². The second-order valence-electron chi connectivity index (χ2n) is 7.00. The summed E-state index contributed by atoms with van der Waals surface area (Å²) in [6.07, 6.45) is 2.20. The van der Waals surface area contributed by atoms with Crippen LogP contribution in [0, 0.1) is 0 Å². The lowest BCUT2D eigenvalue weighted by atomic mass is 9.99. The summed E-state index contributed by atoms with van der Waals surface area (Å²) in [7, 11) is 0. The largest absolute Gasteiger partial charge is 0.494 e. The lowest BCUT2D eigenvalue weighted by Crippen LogP contribution is -1.96. The molecule has 4 aromatic rings. The van der Waals surface area contributed by atoms with E-state index in [4.69, 9.17) is 9.15 Å². The predicted molar refractivity (Wildman–Crippen MR) is 120 cm³/mol. The SMILES string of the molecule is CCCCOc1ccc(-c2ccc(-c3ccccc3)[o+]c2-c2ccccc2)cc1. The van der Waals surface area contributed by atoms with E-state index in [2.05, 4.69) is 49.4 Å². The maximum atomic E-state index is 6.41. The van der Waals surface area contributed by atoms with Crippen LogP contribution in [0.5, 0.6) is 5.75 Å². The molecule has 0 aliphatic carbocycles. The zero-order valence-corrected chi connectivity index (χ0v) is 16.7. The van der Waals surface area contributed by atoms with Crippen molar-refractivity contribution >= 4 is 0 Å². The molecular weight excluding hydrogens is 356 g/mol. The number of hydrogen-bond acceptors (Lipinski definition) is 1. The second kappa shape index (κ2) is 9.20. The van der Waals surface area contributed by atoms with E-state index < -0.39 is 0 Å². The fraction of sp³-hybridized carbons (Fsp3) is 0.148. The van der Waals surface area contributed by atoms with Crippen LogP contribution >= 0.6 is 0 Å². The number of unbranched alkanes of at least 4 members (excludes halogenated alkanes) is 1. The topological polar surface area (TPSA) is 20.5 Å². The van der Waals surface area contributed by atoms with E-state index in [0.29, 0.717) is 0 Å². The molecule has 2 nitrogen and oxygen atoms in total. The highest BCUT2D eigenvalue weighted by Crippen LogP contribution is 2.36. The molecule has 0 aliphatic rings. The van der Waals surface area contributed by atoms with Crippen molar-refractivity contribution in [3.63, 3.8) is 0 Å². The Labute approximate surface area is 172 Å². The van der Waals surface area contributed by atoms with Gasteiger partial charge in [-0.3, -0.25) is 0 Å². The fourth-order valence-electron chi connectivity index (χ4n) is 3.29. The van der Waals surface area contributed by atoms with Crippen LogP contribution in [0.3, 0.4) is 0 Å². The summed E-state index contributed by atoms with van der Waals surface area (Å²) in [5.41, 5.74) is 4.30. The standard InChI is InChI=1S/C27H25O2/c1-2-3-20-28-24-16-14-21(15-17-24)25-18-19-26(22-10-6-4-7-11-22)29-27(25)23-12-8-5-9-13-23/h4-19H,2-3,20H2,1H3/q+1. The van der Waals surface area contributed by atoms with Crippen molar-refractivity contribution in [3.05, 3.63) is 97.1 Å². The molecule has 0 spiro atoms. The van der Waals surface area contributed by atoms with Crippen molar-refractivity contribution in [3.8, 4) is 39.5 Å². The van der Waals surface area contributed by atoms with Crippen molar-refractivity contribution in [1.82, 2.24) is 0 Å². The molecule has 0 saturated carbocycles. The van der Waals surface area contributed by atoms with Crippen LogP contribution in [-0.2, 0) is 0 Å². The van der Waals surface area contributed by atoms with Gasteiger partial charge >= 0.3 is 11.5 Å². The second-order valence-corrected chi connectivity index (χ2v) is 7.00. The maximum Gasteiger partial charge on any atom is 0.368 e. The third kappa shape index (κ3) is 4.55. The molecule has 144 valence electrons. The lowest BCUT2D eigenvalue weighted by molar-refractivity contribution is 0.309. The van der Waals surface area contributed by atoms with E-state index in [0.717, 1.165) is 59.0 Å². The van der Waals surface area contributed by atoms with Crippen LogP contribution in [0.1, 0.15) is 19.8 Å². The Balaban J connectivity index is 1.73. The molecule has 3 aromatic carbocycles. The van der Waals surface area contributed by atoms with Gasteiger partial charge < -0.3 is 4.74 Å². The van der Waals surface area contributed by atoms with Crippen LogP contribution in [0.4, 0.5) is 0 Å². The minimum absolute atomic E-state index is 0.756. The van der Waals surface area contributed by atoms with Crippen LogP contribution in [0.25, 0.3) is 33.8 Å². The highest BCUT2D eigenvalue weighted by Gasteiger charge is 2.23. The van der Waals surface area contributed by atoms with Crippen LogP contribution in [0.2, 0.25) is 0 Å². The summed E-state index contributed by atoms with van der Waals surface area (Å²) in [5, 5.41) is 0. The van der Waals surface area contributed by atoms with Crippen molar-refractivity contribution in [2.45, 2.75) is 19.8 Å². The smallest absolute Gasteiger partial charge is 0.368 e. The summed E-state index contributed by atoms with van der Waals surface area (Å²) < 4.78 is 12.2. The first kappa shape index (κ1) is 18.9. The zero-order chi connectivity index (χ0) is 19.9. The van der Waals surface area contributed by atoms with E-state index in [9.17, 15) is 0 Å². The Morgan fingerprint density at radius 3 is 1.97 bits per heavy atom. The van der Waals surface area contributed by atoms with Gasteiger partial charge in [-0.05, 0) is 54.4 Å². The molecule has 0 bridgehead atoms. The van der Waals surface area contributed by atoms with Crippen LogP contribution < -0.4 is 4.74 Å². The molecule has 0 atom stereocenters. The Kier molecular flexibility index (Phi) is 6.01. The summed E-state index contributed by atoms with van der Waals surface area (Å²) in [5.74, 6) is 2.63. The Hall–Kier alpha value is -3.39. The molecule has 0 N–H and O–H groups in total. The van der Waals surface area contributed by atoms with Crippen LogP contribution in [0.15, 0.2) is 101 Å². The molecule has 0 saturated heterocycles. The molecule has 0 fully saturated rings. The molecule has 0 amide bonds. The van der Waals surface area contributed by atoms with Gasteiger partial charge in [-0.25, -0.2) is 4.42 Å². The first-order valence-electron chi connectivity index (χ1n) is 10.2. The van der Waals surface area contributed by atoms with Crippen molar-refractivity contribution in [2.24, 2.45) is 0 Å². The minimum Gasteiger partial charge on any atom is -0.494 e. The van der Waals surface area contributed by atoms with Gasteiger partial charge in [0.05, 0.1) is 23.3 Å². The van der Waals surface area contributed by atoms with Crippen molar-refractivity contribution in [1.29, 1.82) is 0 Å². The molecule has 0 radical (unpaired) electrons. The monoisotopic (exact) mass is 381 g/mol. The van der Waals surface area contributed by atoms with Crippen molar-refractivity contribution in [2.75, 3.05) is 6.61 Å². The van der Waals surface area contributed by atoms with Gasteiger partial charge in [-0.1, -0.05) is 61.9 Å².